The van der Waals surface area contributed by atoms with E-state index in [-0.39, 0.29) is 0 Å². The van der Waals surface area contributed by atoms with Crippen molar-refractivity contribution in [1.29, 1.82) is 0 Å². The first kappa shape index (κ1) is 10.7. The minimum atomic E-state index is 0.396. The van der Waals surface area contributed by atoms with E-state index >= 15 is 0 Å². The van der Waals surface area contributed by atoms with Crippen molar-refractivity contribution in [2.45, 2.75) is 0 Å². The van der Waals surface area contributed by atoms with Gasteiger partial charge in [-0.2, -0.15) is 0 Å². The Bertz CT molecular complexity index is 477. The number of benzene rings is 1. The molecule has 1 aromatic heterocycles. The standard InChI is InChI=1S/C11H6Cl3N/c12-8-4-1-5-9(13)10(8)7-3-2-6-15-11(7)14/h1-6H. The molecule has 2 aromatic rings. The van der Waals surface area contributed by atoms with Crippen molar-refractivity contribution in [3.05, 3.63) is 51.7 Å². The van der Waals surface area contributed by atoms with Crippen LogP contribution in [-0.4, -0.2) is 4.98 Å². The Morgan fingerprint density at radius 2 is 1.53 bits per heavy atom. The lowest BCUT2D eigenvalue weighted by Crippen LogP contribution is -1.85. The summed E-state index contributed by atoms with van der Waals surface area (Å²) in [5.41, 5.74) is 1.47. The monoisotopic (exact) mass is 257 g/mol. The molecule has 0 N–H and O–H groups in total. The van der Waals surface area contributed by atoms with Crippen molar-refractivity contribution >= 4 is 34.8 Å². The lowest BCUT2D eigenvalue weighted by molar-refractivity contribution is 1.33. The van der Waals surface area contributed by atoms with Gasteiger partial charge in [0.2, 0.25) is 0 Å². The maximum absolute atomic E-state index is 6.07. The van der Waals surface area contributed by atoms with Crippen LogP contribution in [0.2, 0.25) is 15.2 Å². The van der Waals surface area contributed by atoms with E-state index in [0.29, 0.717) is 15.2 Å². The Kier molecular flexibility index (Phi) is 3.15. The number of hydrogen-bond acceptors (Lipinski definition) is 1. The second-order valence-corrected chi connectivity index (χ2v) is 4.11. The zero-order valence-corrected chi connectivity index (χ0v) is 9.81. The van der Waals surface area contributed by atoms with Crippen LogP contribution in [0.15, 0.2) is 36.5 Å². The van der Waals surface area contributed by atoms with Gasteiger partial charge in [0.05, 0.1) is 10.0 Å². The molecule has 0 bridgehead atoms. The summed E-state index contributed by atoms with van der Waals surface area (Å²) in [6.07, 6.45) is 1.62. The average molecular weight is 259 g/mol. The third-order valence-corrected chi connectivity index (χ3v) is 2.92. The minimum Gasteiger partial charge on any atom is -0.244 e. The molecule has 2 rings (SSSR count). The van der Waals surface area contributed by atoms with Gasteiger partial charge in [0.1, 0.15) is 5.15 Å². The van der Waals surface area contributed by atoms with Crippen LogP contribution in [0.25, 0.3) is 11.1 Å². The molecule has 0 aliphatic rings. The predicted molar refractivity (Wildman–Crippen MR) is 64.7 cm³/mol. The second-order valence-electron chi connectivity index (χ2n) is 2.94. The summed E-state index contributed by atoms with van der Waals surface area (Å²) in [5, 5.41) is 1.53. The van der Waals surface area contributed by atoms with Gasteiger partial charge in [-0.1, -0.05) is 40.9 Å². The van der Waals surface area contributed by atoms with Crippen molar-refractivity contribution < 1.29 is 0 Å². The molecule has 4 heteroatoms. The summed E-state index contributed by atoms with van der Waals surface area (Å²) in [6.45, 7) is 0. The van der Waals surface area contributed by atoms with Gasteiger partial charge in [-0.15, -0.1) is 0 Å². The van der Waals surface area contributed by atoms with Crippen molar-refractivity contribution in [1.82, 2.24) is 4.98 Å². The fourth-order valence-corrected chi connectivity index (χ4v) is 2.14. The maximum atomic E-state index is 6.07. The van der Waals surface area contributed by atoms with Crippen molar-refractivity contribution in [3.8, 4) is 11.1 Å². The van der Waals surface area contributed by atoms with E-state index in [9.17, 15) is 0 Å². The lowest BCUT2D eigenvalue weighted by atomic mass is 10.1. The quantitative estimate of drug-likeness (QED) is 0.675. The Balaban J connectivity index is 2.69. The van der Waals surface area contributed by atoms with Crippen LogP contribution in [0.3, 0.4) is 0 Å². The fraction of sp³-hybridized carbons (Fsp3) is 0. The number of nitrogens with zero attached hydrogens (tertiary/aromatic N) is 1. The van der Waals surface area contributed by atoms with E-state index < -0.39 is 0 Å². The van der Waals surface area contributed by atoms with E-state index in [1.165, 1.54) is 0 Å². The second kappa shape index (κ2) is 4.40. The zero-order valence-electron chi connectivity index (χ0n) is 7.55. The first-order valence-corrected chi connectivity index (χ1v) is 5.38. The molecule has 0 unspecified atom stereocenters. The summed E-state index contributed by atoms with van der Waals surface area (Å²) >= 11 is 18.1. The highest BCUT2D eigenvalue weighted by Crippen LogP contribution is 2.37. The Hall–Kier alpha value is -0.760. The molecule has 1 heterocycles. The van der Waals surface area contributed by atoms with Gasteiger partial charge in [0.25, 0.3) is 0 Å². The molecule has 0 radical (unpaired) electrons. The van der Waals surface area contributed by atoms with Crippen LogP contribution >= 0.6 is 34.8 Å². The first-order valence-electron chi connectivity index (χ1n) is 4.25. The highest BCUT2D eigenvalue weighted by molar-refractivity contribution is 6.40. The van der Waals surface area contributed by atoms with E-state index in [2.05, 4.69) is 4.98 Å². The molecule has 15 heavy (non-hydrogen) atoms. The minimum absolute atomic E-state index is 0.396. The molecule has 0 saturated carbocycles. The van der Waals surface area contributed by atoms with Gasteiger partial charge in [-0.05, 0) is 24.3 Å². The Labute approximate surface area is 103 Å². The van der Waals surface area contributed by atoms with Crippen LogP contribution in [0.1, 0.15) is 0 Å². The van der Waals surface area contributed by atoms with Gasteiger partial charge >= 0.3 is 0 Å². The fourth-order valence-electron chi connectivity index (χ4n) is 1.33. The van der Waals surface area contributed by atoms with E-state index in [1.54, 1.807) is 30.5 Å². The van der Waals surface area contributed by atoms with Gasteiger partial charge in [-0.25, -0.2) is 4.98 Å². The predicted octanol–water partition coefficient (Wildman–Crippen LogP) is 4.71. The maximum Gasteiger partial charge on any atom is 0.136 e. The summed E-state index contributed by atoms with van der Waals surface area (Å²) < 4.78 is 0. The molecule has 0 spiro atoms. The number of halogens is 3. The third-order valence-electron chi connectivity index (χ3n) is 1.99. The van der Waals surface area contributed by atoms with Crippen molar-refractivity contribution in [2.24, 2.45) is 0 Å². The van der Waals surface area contributed by atoms with Crippen LogP contribution in [0.4, 0.5) is 0 Å². The van der Waals surface area contributed by atoms with E-state index in [0.717, 1.165) is 11.1 Å². The van der Waals surface area contributed by atoms with Crippen LogP contribution in [0, 0.1) is 0 Å². The third kappa shape index (κ3) is 2.10. The van der Waals surface area contributed by atoms with Crippen LogP contribution < -0.4 is 0 Å². The number of rotatable bonds is 1. The van der Waals surface area contributed by atoms with Crippen LogP contribution in [0.5, 0.6) is 0 Å². The molecule has 0 aliphatic carbocycles. The molecular weight excluding hydrogens is 252 g/mol. The van der Waals surface area contributed by atoms with E-state index in [1.807, 2.05) is 6.07 Å². The molecule has 0 fully saturated rings. The largest absolute Gasteiger partial charge is 0.244 e. The summed E-state index contributed by atoms with van der Waals surface area (Å²) in [6, 6.07) is 8.96. The first-order chi connectivity index (χ1) is 7.20. The van der Waals surface area contributed by atoms with E-state index in [4.69, 9.17) is 34.8 Å². The Morgan fingerprint density at radius 1 is 0.867 bits per heavy atom. The molecule has 0 amide bonds. The van der Waals surface area contributed by atoms with Gasteiger partial charge in [-0.3, -0.25) is 0 Å². The summed E-state index contributed by atoms with van der Waals surface area (Å²) in [4.78, 5) is 3.99. The normalized spacial score (nSPS) is 10.3. The Morgan fingerprint density at radius 3 is 2.13 bits per heavy atom. The number of pyridine rings is 1. The molecule has 1 nitrogen and oxygen atoms in total. The van der Waals surface area contributed by atoms with Gasteiger partial charge in [0, 0.05) is 17.3 Å². The molecule has 0 atom stereocenters. The molecule has 0 saturated heterocycles. The SMILES string of the molecule is Clc1cccc(Cl)c1-c1cccnc1Cl. The molecule has 0 aliphatic heterocycles. The van der Waals surface area contributed by atoms with Gasteiger partial charge in [0.15, 0.2) is 0 Å². The molecule has 76 valence electrons. The topological polar surface area (TPSA) is 12.9 Å². The molecular formula is C11H6Cl3N. The van der Waals surface area contributed by atoms with Gasteiger partial charge < -0.3 is 0 Å². The summed E-state index contributed by atoms with van der Waals surface area (Å²) in [5.74, 6) is 0. The zero-order chi connectivity index (χ0) is 10.8. The highest BCUT2D eigenvalue weighted by Gasteiger charge is 2.11. The highest BCUT2D eigenvalue weighted by atomic mass is 35.5. The number of hydrogen-bond donors (Lipinski definition) is 0. The van der Waals surface area contributed by atoms with Crippen molar-refractivity contribution in [3.63, 3.8) is 0 Å². The smallest absolute Gasteiger partial charge is 0.136 e. The van der Waals surface area contributed by atoms with Crippen molar-refractivity contribution in [2.75, 3.05) is 0 Å². The van der Waals surface area contributed by atoms with Crippen LogP contribution in [-0.2, 0) is 0 Å². The average Bonchev–Trinajstić information content (AvgIpc) is 2.20. The lowest BCUT2D eigenvalue weighted by Gasteiger charge is -2.07. The summed E-state index contributed by atoms with van der Waals surface area (Å²) in [7, 11) is 0. The molecule has 1 aromatic carbocycles. The number of aromatic nitrogens is 1.